The quantitative estimate of drug-likeness (QED) is 0.0720. The van der Waals surface area contributed by atoms with Crippen molar-refractivity contribution in [3.63, 3.8) is 0 Å². The number of aryl methyl sites for hydroxylation is 1. The highest BCUT2D eigenvalue weighted by Crippen LogP contribution is 2.37. The molecule has 0 spiro atoms. The molecule has 63 heavy (non-hydrogen) atoms. The van der Waals surface area contributed by atoms with Gasteiger partial charge in [0.1, 0.15) is 30.8 Å². The van der Waals surface area contributed by atoms with Gasteiger partial charge < -0.3 is 18.9 Å². The molecule has 1 N–H and O–H groups in total. The monoisotopic (exact) mass is 864 g/mol. The molecule has 1 unspecified atom stereocenters. The molecule has 308 valence electrons. The minimum absolute atomic E-state index is 0.0257. The zero-order valence-corrected chi connectivity index (χ0v) is 34.8. The highest BCUT2D eigenvalue weighted by molar-refractivity contribution is 7.85. The fourth-order valence-electron chi connectivity index (χ4n) is 6.39. The van der Waals surface area contributed by atoms with Crippen LogP contribution in [0.25, 0.3) is 0 Å². The number of carbonyl (C=O) groups excluding carboxylic acids is 4. The van der Waals surface area contributed by atoms with Crippen LogP contribution in [-0.2, 0) is 59.1 Å². The van der Waals surface area contributed by atoms with Gasteiger partial charge in [0.15, 0.2) is 0 Å². The van der Waals surface area contributed by atoms with Crippen molar-refractivity contribution in [1.82, 2.24) is 0 Å². The number of esters is 4. The van der Waals surface area contributed by atoms with Gasteiger partial charge in [0.2, 0.25) is 5.60 Å². The van der Waals surface area contributed by atoms with Gasteiger partial charge in [-0.1, -0.05) is 103 Å². The molecule has 1 atom stereocenters. The first kappa shape index (κ1) is 50.6. The first-order valence-electron chi connectivity index (χ1n) is 18.7. The minimum Gasteiger partial charge on any atom is -0.445 e. The molecule has 4 aromatic carbocycles. The van der Waals surface area contributed by atoms with Gasteiger partial charge in [0.25, 0.3) is 10.1 Å². The van der Waals surface area contributed by atoms with Crippen LogP contribution in [0.1, 0.15) is 92.9 Å². The summed E-state index contributed by atoms with van der Waals surface area (Å²) in [5.41, 5.74) is -5.49. The molecular weight excluding hydrogens is 832 g/mol. The Kier molecular flexibility index (Phi) is 16.6. The fraction of sp³-hybridized carbons (Fsp3) is 0.300. The van der Waals surface area contributed by atoms with Gasteiger partial charge >= 0.3 is 30.1 Å². The Morgan fingerprint density at radius 3 is 1.30 bits per heavy atom. The molecule has 16 radical (unpaired) electrons. The lowest BCUT2D eigenvalue weighted by atomic mass is 9.83. The number of alkyl halides is 3. The molecular formula is C40H31B8F3O11S. The van der Waals surface area contributed by atoms with Crippen LogP contribution >= 0.6 is 0 Å². The first-order valence-corrected chi connectivity index (χ1v) is 20.3. The van der Waals surface area contributed by atoms with Crippen LogP contribution in [0.3, 0.4) is 0 Å². The van der Waals surface area contributed by atoms with E-state index < -0.39 is 73.8 Å². The number of rotatable bonds is 17. The molecule has 0 saturated heterocycles. The van der Waals surface area contributed by atoms with E-state index in [1.54, 1.807) is 6.07 Å². The number of carbonyl (C=O) groups is 4. The summed E-state index contributed by atoms with van der Waals surface area (Å²) in [4.78, 5) is 56.9. The van der Waals surface area contributed by atoms with Crippen molar-refractivity contribution in [3.05, 3.63) is 115 Å². The van der Waals surface area contributed by atoms with Gasteiger partial charge in [-0.25, -0.2) is 19.2 Å². The molecule has 0 aliphatic rings. The van der Waals surface area contributed by atoms with E-state index in [4.69, 9.17) is 81.7 Å². The molecule has 0 bridgehead atoms. The Balaban J connectivity index is 2.08. The maximum absolute atomic E-state index is 14.5. The maximum atomic E-state index is 14.5. The van der Waals surface area contributed by atoms with Gasteiger partial charge in [-0.05, 0) is 53.8 Å². The normalized spacial score (nSPS) is 12.5. The lowest BCUT2D eigenvalue weighted by Crippen LogP contribution is -2.51. The average molecular weight is 863 g/mol. The SMILES string of the molecule is [B]Cc1cc([B])c(OC(=O)c2cc(C(=O)Oc3c(C[B])cc(C[B])cc3C[B])c(C(=O)Oc3c(C)cc(C[B])cc3C[B])cc2C(=O)OC(C)(CS(=O)(=O)O)C(F)(F)F)c(C[B])c1. The van der Waals surface area contributed by atoms with E-state index in [0.717, 1.165) is 0 Å². The molecule has 4 rings (SSSR count). The van der Waals surface area contributed by atoms with Crippen molar-refractivity contribution >= 4 is 102 Å². The second-order valence-electron chi connectivity index (χ2n) is 14.2. The molecule has 4 aromatic rings. The molecule has 0 fully saturated rings. The van der Waals surface area contributed by atoms with Crippen LogP contribution in [0, 0.1) is 6.92 Å². The van der Waals surface area contributed by atoms with Crippen molar-refractivity contribution in [2.24, 2.45) is 0 Å². The summed E-state index contributed by atoms with van der Waals surface area (Å²) < 4.78 is 98.1. The summed E-state index contributed by atoms with van der Waals surface area (Å²) >= 11 is 0. The minimum atomic E-state index is -5.67. The van der Waals surface area contributed by atoms with Gasteiger partial charge in [0.05, 0.1) is 77.2 Å². The van der Waals surface area contributed by atoms with Crippen LogP contribution in [-0.4, -0.2) is 117 Å². The first-order chi connectivity index (χ1) is 29.5. The summed E-state index contributed by atoms with van der Waals surface area (Å²) in [7, 11) is 41.7. The zero-order chi connectivity index (χ0) is 47.2. The Labute approximate surface area is 373 Å². The third kappa shape index (κ3) is 11.8. The van der Waals surface area contributed by atoms with E-state index in [-0.39, 0.29) is 96.1 Å². The summed E-state index contributed by atoms with van der Waals surface area (Å²) in [5, 5.41) is 0. The Morgan fingerprint density at radius 2 is 0.905 bits per heavy atom. The van der Waals surface area contributed by atoms with Crippen LogP contribution in [0.15, 0.2) is 48.5 Å². The molecule has 23 heteroatoms. The van der Waals surface area contributed by atoms with Gasteiger partial charge in [-0.2, -0.15) is 21.6 Å². The van der Waals surface area contributed by atoms with E-state index in [9.17, 15) is 45.3 Å². The third-order valence-corrected chi connectivity index (χ3v) is 10.5. The molecule has 0 aliphatic carbocycles. The van der Waals surface area contributed by atoms with E-state index in [1.165, 1.54) is 37.3 Å². The predicted molar refractivity (Wildman–Crippen MR) is 233 cm³/mol. The van der Waals surface area contributed by atoms with Crippen molar-refractivity contribution < 1.29 is 64.3 Å². The lowest BCUT2D eigenvalue weighted by Gasteiger charge is -2.30. The number of hydrogen-bond donors (Lipinski definition) is 1. The summed E-state index contributed by atoms with van der Waals surface area (Å²) in [5.74, 6) is -9.45. The fourth-order valence-corrected chi connectivity index (χ4v) is 7.31. The number of halogens is 3. The maximum Gasteiger partial charge on any atom is 0.429 e. The summed E-state index contributed by atoms with van der Waals surface area (Å²) in [6.07, 6.45) is -6.56. The van der Waals surface area contributed by atoms with Crippen molar-refractivity contribution in [1.29, 1.82) is 0 Å². The van der Waals surface area contributed by atoms with Gasteiger partial charge in [-0.15, -0.1) is 0 Å². The van der Waals surface area contributed by atoms with Gasteiger partial charge in [-0.3, -0.25) is 4.55 Å². The second-order valence-corrected chi connectivity index (χ2v) is 15.7. The van der Waals surface area contributed by atoms with E-state index in [1.807, 2.05) is 0 Å². The second kappa shape index (κ2) is 20.7. The highest BCUT2D eigenvalue weighted by atomic mass is 32.2. The van der Waals surface area contributed by atoms with Crippen molar-refractivity contribution in [2.75, 3.05) is 5.75 Å². The van der Waals surface area contributed by atoms with E-state index in [2.05, 4.69) is 0 Å². The largest absolute Gasteiger partial charge is 0.445 e. The standard InChI is InChI=1S/C40H31B8F3O11S/c1-19-3-20(11-41)4-23(14-44)32(19)59-35(52)28-10-30(38(55)62-39(2,40(49,50)51)18-63(56,57)58)29(37(54)61-34-26(17-47)7-22(13-43)8-31(34)48)9-27(28)36(53)60-33-24(15-45)5-21(12-42)6-25(33)16-46/h3-10H,11-18H2,1-2H3,(H,56,57,58). The number of benzene rings is 4. The third-order valence-electron chi connectivity index (χ3n) is 9.55. The predicted octanol–water partition coefficient (Wildman–Crippen LogP) is 2.49. The number of ether oxygens (including phenoxy) is 4. The Morgan fingerprint density at radius 1 is 0.556 bits per heavy atom. The topological polar surface area (TPSA) is 160 Å². The van der Waals surface area contributed by atoms with Crippen LogP contribution in [0.5, 0.6) is 17.2 Å². The van der Waals surface area contributed by atoms with Crippen LogP contribution in [0.2, 0.25) is 0 Å². The van der Waals surface area contributed by atoms with Crippen LogP contribution < -0.4 is 19.7 Å². The summed E-state index contributed by atoms with van der Waals surface area (Å²) in [6, 6.07) is 9.91. The summed E-state index contributed by atoms with van der Waals surface area (Å²) in [6.45, 7) is 1.66. The molecule has 11 nitrogen and oxygen atoms in total. The van der Waals surface area contributed by atoms with E-state index in [0.29, 0.717) is 34.4 Å². The molecule has 0 aromatic heterocycles. The Bertz CT molecular complexity index is 2530. The lowest BCUT2D eigenvalue weighted by molar-refractivity contribution is -0.243. The molecule has 0 saturated carbocycles. The number of hydrogen-bond acceptors (Lipinski definition) is 10. The van der Waals surface area contributed by atoms with Crippen molar-refractivity contribution in [3.8, 4) is 17.2 Å². The van der Waals surface area contributed by atoms with Crippen LogP contribution in [0.4, 0.5) is 13.2 Å². The molecule has 0 heterocycles. The van der Waals surface area contributed by atoms with Gasteiger partial charge in [0, 0.05) is 0 Å². The zero-order valence-electron chi connectivity index (χ0n) is 34.0. The van der Waals surface area contributed by atoms with Crippen molar-refractivity contribution in [2.45, 2.75) is 69.9 Å². The Hall–Kier alpha value is -5.02. The highest BCUT2D eigenvalue weighted by Gasteiger charge is 2.57. The molecule has 0 amide bonds. The van der Waals surface area contributed by atoms with E-state index >= 15 is 0 Å². The smallest absolute Gasteiger partial charge is 0.429 e. The average Bonchev–Trinajstić information content (AvgIpc) is 3.22. The molecule has 0 aliphatic heterocycles.